The number of nitrogens with zero attached hydrogens (tertiary/aromatic N) is 1. The molecular weight excluding hydrogens is 374 g/mol. The van der Waals surface area contributed by atoms with Gasteiger partial charge in [0.1, 0.15) is 0 Å². The highest BCUT2D eigenvalue weighted by atomic mass is 35.5. The summed E-state index contributed by atoms with van der Waals surface area (Å²) in [5.74, 6) is 0. The lowest BCUT2D eigenvalue weighted by Gasteiger charge is -2.14. The number of carbonyl (C=O) groups excluding carboxylic acids is 1. The number of alkyl halides is 3. The van der Waals surface area contributed by atoms with Crippen molar-refractivity contribution in [3.05, 3.63) is 68.8 Å². The van der Waals surface area contributed by atoms with Crippen LogP contribution in [0.1, 0.15) is 27.0 Å². The van der Waals surface area contributed by atoms with Crippen molar-refractivity contribution >= 4 is 40.4 Å². The predicted octanol–water partition coefficient (Wildman–Crippen LogP) is 6.14. The lowest BCUT2D eigenvalue weighted by molar-refractivity contribution is -0.137. The number of aromatic nitrogens is 1. The first-order valence-corrected chi connectivity index (χ1v) is 8.06. The van der Waals surface area contributed by atoms with Crippen molar-refractivity contribution in [1.82, 2.24) is 4.57 Å². The Morgan fingerprint density at radius 3 is 2.52 bits per heavy atom. The fourth-order valence-corrected chi connectivity index (χ4v) is 3.42. The number of aryl methyl sites for hydroxylation is 1. The second-order valence-electron chi connectivity index (χ2n) is 5.72. The van der Waals surface area contributed by atoms with Crippen LogP contribution in [-0.4, -0.2) is 10.9 Å². The molecule has 2 nitrogen and oxygen atoms in total. The van der Waals surface area contributed by atoms with E-state index in [2.05, 4.69) is 0 Å². The Labute approximate surface area is 151 Å². The van der Waals surface area contributed by atoms with E-state index < -0.39 is 11.7 Å². The third kappa shape index (κ3) is 3.26. The summed E-state index contributed by atoms with van der Waals surface area (Å²) in [5.41, 5.74) is 1.33. The van der Waals surface area contributed by atoms with Crippen LogP contribution in [0.2, 0.25) is 10.0 Å². The summed E-state index contributed by atoms with van der Waals surface area (Å²) < 4.78 is 40.7. The van der Waals surface area contributed by atoms with Crippen LogP contribution >= 0.6 is 23.2 Å². The molecule has 0 atom stereocenters. The number of benzene rings is 2. The first-order chi connectivity index (χ1) is 11.7. The van der Waals surface area contributed by atoms with Crippen molar-refractivity contribution in [1.29, 1.82) is 0 Å². The second-order valence-corrected chi connectivity index (χ2v) is 6.50. The Bertz CT molecular complexity index is 977. The minimum atomic E-state index is -4.40. The topological polar surface area (TPSA) is 22.0 Å². The van der Waals surface area contributed by atoms with Gasteiger partial charge in [-0.3, -0.25) is 4.79 Å². The quantitative estimate of drug-likeness (QED) is 0.496. The lowest BCUT2D eigenvalue weighted by Crippen LogP contribution is -2.06. The van der Waals surface area contributed by atoms with Gasteiger partial charge in [0.15, 0.2) is 6.29 Å². The molecule has 0 radical (unpaired) electrons. The minimum Gasteiger partial charge on any atom is -0.343 e. The molecule has 0 aliphatic heterocycles. The van der Waals surface area contributed by atoms with Crippen LogP contribution in [0.4, 0.5) is 13.2 Å². The highest BCUT2D eigenvalue weighted by Crippen LogP contribution is 2.35. The molecule has 0 aliphatic rings. The zero-order valence-electron chi connectivity index (χ0n) is 13.0. The molecule has 0 spiro atoms. The summed E-state index contributed by atoms with van der Waals surface area (Å²) >= 11 is 12.4. The van der Waals surface area contributed by atoms with Gasteiger partial charge >= 0.3 is 6.18 Å². The second kappa shape index (κ2) is 6.39. The molecule has 7 heteroatoms. The van der Waals surface area contributed by atoms with E-state index in [0.29, 0.717) is 38.9 Å². The van der Waals surface area contributed by atoms with Crippen molar-refractivity contribution in [2.75, 3.05) is 0 Å². The average Bonchev–Trinajstić information content (AvgIpc) is 2.94. The predicted molar refractivity (Wildman–Crippen MR) is 92.6 cm³/mol. The lowest BCUT2D eigenvalue weighted by atomic mass is 10.1. The van der Waals surface area contributed by atoms with Crippen molar-refractivity contribution in [2.24, 2.45) is 0 Å². The number of fused-ring (bicyclic) bond motifs is 1. The maximum absolute atomic E-state index is 13.0. The number of hydrogen-bond donors (Lipinski definition) is 0. The van der Waals surface area contributed by atoms with Gasteiger partial charge in [-0.05, 0) is 42.8 Å². The fourth-order valence-electron chi connectivity index (χ4n) is 2.89. The molecule has 25 heavy (non-hydrogen) atoms. The van der Waals surface area contributed by atoms with Gasteiger partial charge in [-0.1, -0.05) is 23.2 Å². The Morgan fingerprint density at radius 1 is 1.16 bits per heavy atom. The van der Waals surface area contributed by atoms with E-state index in [1.165, 1.54) is 6.07 Å². The first-order valence-electron chi connectivity index (χ1n) is 7.31. The number of carbonyl (C=O) groups is 1. The van der Waals surface area contributed by atoms with Gasteiger partial charge < -0.3 is 4.57 Å². The molecule has 3 aromatic rings. The normalized spacial score (nSPS) is 11.9. The van der Waals surface area contributed by atoms with Gasteiger partial charge in [-0.2, -0.15) is 13.2 Å². The zero-order chi connectivity index (χ0) is 18.4. The van der Waals surface area contributed by atoms with E-state index in [9.17, 15) is 18.0 Å². The summed E-state index contributed by atoms with van der Waals surface area (Å²) in [6.07, 6.45) is -2.08. The van der Waals surface area contributed by atoms with Crippen LogP contribution in [0.25, 0.3) is 10.9 Å². The molecule has 0 N–H and O–H groups in total. The van der Waals surface area contributed by atoms with E-state index in [1.54, 1.807) is 29.8 Å². The molecule has 1 heterocycles. The minimum absolute atomic E-state index is 0.244. The third-order valence-electron chi connectivity index (χ3n) is 4.05. The Morgan fingerprint density at radius 2 is 1.88 bits per heavy atom. The molecule has 130 valence electrons. The van der Waals surface area contributed by atoms with Gasteiger partial charge in [0.25, 0.3) is 0 Å². The van der Waals surface area contributed by atoms with Crippen LogP contribution in [-0.2, 0) is 12.7 Å². The molecule has 0 fully saturated rings. The summed E-state index contributed by atoms with van der Waals surface area (Å²) in [5, 5.41) is 1.11. The molecule has 2 aromatic carbocycles. The number of aldehydes is 1. The van der Waals surface area contributed by atoms with Crippen LogP contribution in [0, 0.1) is 6.92 Å². The summed E-state index contributed by atoms with van der Waals surface area (Å²) in [6.45, 7) is 1.87. The van der Waals surface area contributed by atoms with Gasteiger partial charge in [0.2, 0.25) is 0 Å². The van der Waals surface area contributed by atoms with E-state index >= 15 is 0 Å². The third-order valence-corrected chi connectivity index (χ3v) is 4.85. The van der Waals surface area contributed by atoms with Gasteiger partial charge in [-0.25, -0.2) is 0 Å². The largest absolute Gasteiger partial charge is 0.416 e. The molecule has 3 rings (SSSR count). The van der Waals surface area contributed by atoms with E-state index in [-0.39, 0.29) is 11.6 Å². The van der Waals surface area contributed by atoms with Crippen LogP contribution in [0.3, 0.4) is 0 Å². The van der Waals surface area contributed by atoms with Crippen LogP contribution in [0.5, 0.6) is 0 Å². The van der Waals surface area contributed by atoms with Gasteiger partial charge in [0, 0.05) is 27.7 Å². The number of halogens is 5. The highest BCUT2D eigenvalue weighted by Gasteiger charge is 2.31. The van der Waals surface area contributed by atoms with Crippen molar-refractivity contribution in [3.63, 3.8) is 0 Å². The van der Waals surface area contributed by atoms with Gasteiger partial charge in [0.05, 0.1) is 22.6 Å². The van der Waals surface area contributed by atoms with Crippen LogP contribution in [0.15, 0.2) is 36.5 Å². The smallest absolute Gasteiger partial charge is 0.343 e. The highest BCUT2D eigenvalue weighted by molar-refractivity contribution is 6.37. The SMILES string of the molecule is Cc1cc(C(F)(F)F)cc2ccn(Cc3c(Cl)ccc(C=O)c3Cl)c12. The van der Waals surface area contributed by atoms with Crippen LogP contribution < -0.4 is 0 Å². The molecule has 1 aromatic heterocycles. The first kappa shape index (κ1) is 17.8. The van der Waals surface area contributed by atoms with Crippen molar-refractivity contribution < 1.29 is 18.0 Å². The molecular formula is C18H12Cl2F3NO. The number of hydrogen-bond acceptors (Lipinski definition) is 1. The van der Waals surface area contributed by atoms with Gasteiger partial charge in [-0.15, -0.1) is 0 Å². The van der Waals surface area contributed by atoms with Crippen molar-refractivity contribution in [3.8, 4) is 0 Å². The molecule has 0 saturated heterocycles. The summed E-state index contributed by atoms with van der Waals surface area (Å²) in [4.78, 5) is 11.1. The average molecular weight is 386 g/mol. The van der Waals surface area contributed by atoms with Crippen molar-refractivity contribution in [2.45, 2.75) is 19.6 Å². The number of rotatable bonds is 3. The van der Waals surface area contributed by atoms with E-state index in [4.69, 9.17) is 23.2 Å². The maximum Gasteiger partial charge on any atom is 0.416 e. The van der Waals surface area contributed by atoms with E-state index in [0.717, 1.165) is 12.1 Å². The Kier molecular flexibility index (Phi) is 4.56. The summed E-state index contributed by atoms with van der Waals surface area (Å²) in [7, 11) is 0. The molecule has 0 saturated carbocycles. The maximum atomic E-state index is 13.0. The Hall–Kier alpha value is -1.98. The zero-order valence-corrected chi connectivity index (χ0v) is 14.5. The molecule has 0 bridgehead atoms. The fraction of sp³-hybridized carbons (Fsp3) is 0.167. The molecule has 0 amide bonds. The Balaban J connectivity index is 2.12. The molecule has 0 aliphatic carbocycles. The standard InChI is InChI=1S/C18H12Cl2F3NO/c1-10-6-13(18(21,22)23)7-11-4-5-24(17(10)11)8-14-15(19)3-2-12(9-25)16(14)20/h2-7,9H,8H2,1H3. The monoisotopic (exact) mass is 385 g/mol. The molecule has 0 unspecified atom stereocenters. The van der Waals surface area contributed by atoms with E-state index in [1.807, 2.05) is 0 Å². The summed E-state index contributed by atoms with van der Waals surface area (Å²) in [6, 6.07) is 6.94.